The molecule has 0 unspecified atom stereocenters. The number of carbonyl (C=O) groups excluding carboxylic acids is 1. The van der Waals surface area contributed by atoms with E-state index in [1.165, 1.54) is 26.8 Å². The summed E-state index contributed by atoms with van der Waals surface area (Å²) < 4.78 is 60.8. The fourth-order valence-corrected chi connectivity index (χ4v) is 6.94. The van der Waals surface area contributed by atoms with Gasteiger partial charge in [-0.05, 0) is 37.8 Å². The first-order valence-electron chi connectivity index (χ1n) is 10.3. The molecule has 8 nitrogen and oxygen atoms in total. The molecule has 172 valence electrons. The molecule has 0 amide bonds. The first-order valence-corrected chi connectivity index (χ1v) is 13.2. The van der Waals surface area contributed by atoms with Crippen LogP contribution in [0.3, 0.4) is 0 Å². The van der Waals surface area contributed by atoms with Crippen molar-refractivity contribution in [2.24, 2.45) is 0 Å². The number of methoxy groups -OCH3 is 1. The minimum atomic E-state index is -4.09. The minimum absolute atomic E-state index is 0.269. The van der Waals surface area contributed by atoms with Crippen LogP contribution in [0.2, 0.25) is 0 Å². The van der Waals surface area contributed by atoms with Gasteiger partial charge in [0.05, 0.1) is 22.5 Å². The number of esters is 1. The largest absolute Gasteiger partial charge is 0.465 e. The molecule has 0 aliphatic rings. The van der Waals surface area contributed by atoms with E-state index >= 15 is 0 Å². The molecule has 0 radical (unpaired) electrons. The monoisotopic (exact) mass is 462 g/mol. The van der Waals surface area contributed by atoms with Gasteiger partial charge < -0.3 is 4.74 Å². The molecule has 0 spiro atoms. The summed E-state index contributed by atoms with van der Waals surface area (Å²) in [5, 5.41) is 0. The van der Waals surface area contributed by atoms with Gasteiger partial charge >= 0.3 is 5.97 Å². The zero-order valence-corrected chi connectivity index (χ0v) is 20.2. The summed E-state index contributed by atoms with van der Waals surface area (Å²) in [6.45, 7) is 8.50. The van der Waals surface area contributed by atoms with Crippen LogP contribution in [0.5, 0.6) is 0 Å². The maximum Gasteiger partial charge on any atom is 0.340 e. The Hall–Kier alpha value is -1.49. The number of ether oxygens (including phenoxy) is 1. The Morgan fingerprint density at radius 3 is 1.37 bits per heavy atom. The van der Waals surface area contributed by atoms with Crippen LogP contribution < -0.4 is 0 Å². The second kappa shape index (κ2) is 11.8. The highest BCUT2D eigenvalue weighted by atomic mass is 32.2. The van der Waals surface area contributed by atoms with Crippen molar-refractivity contribution >= 4 is 26.0 Å². The van der Waals surface area contributed by atoms with Crippen LogP contribution in [-0.2, 0) is 24.8 Å². The summed E-state index contributed by atoms with van der Waals surface area (Å²) in [5.41, 5.74) is -0.436. The smallest absolute Gasteiger partial charge is 0.340 e. The Labute approximate surface area is 181 Å². The highest BCUT2D eigenvalue weighted by Gasteiger charge is 2.35. The fraction of sp³-hybridized carbons (Fsp3) is 0.650. The van der Waals surface area contributed by atoms with E-state index in [-0.39, 0.29) is 36.0 Å². The Bertz CT molecular complexity index is 837. The summed E-state index contributed by atoms with van der Waals surface area (Å²) in [6, 6.07) is 3.89. The molecule has 0 saturated carbocycles. The average molecular weight is 463 g/mol. The van der Waals surface area contributed by atoms with Crippen molar-refractivity contribution in [3.05, 3.63) is 23.8 Å². The Balaban J connectivity index is 3.80. The zero-order chi connectivity index (χ0) is 22.9. The van der Waals surface area contributed by atoms with Crippen LogP contribution >= 0.6 is 0 Å². The minimum Gasteiger partial charge on any atom is -0.465 e. The van der Waals surface area contributed by atoms with E-state index in [2.05, 4.69) is 0 Å². The summed E-state index contributed by atoms with van der Waals surface area (Å²) in [5.74, 6) is -0.992. The van der Waals surface area contributed by atoms with Crippen LogP contribution in [0.1, 0.15) is 63.7 Å². The van der Waals surface area contributed by atoms with E-state index in [1.54, 1.807) is 0 Å². The van der Waals surface area contributed by atoms with Crippen molar-refractivity contribution in [2.45, 2.75) is 63.2 Å². The van der Waals surface area contributed by atoms with Crippen molar-refractivity contribution in [1.29, 1.82) is 0 Å². The van der Waals surface area contributed by atoms with Gasteiger partial charge in [0.2, 0.25) is 20.0 Å². The van der Waals surface area contributed by atoms with Crippen LogP contribution in [-0.4, -0.2) is 64.7 Å². The lowest BCUT2D eigenvalue weighted by molar-refractivity contribution is 0.0591. The molecular weight excluding hydrogens is 428 g/mol. The predicted molar refractivity (Wildman–Crippen MR) is 116 cm³/mol. The van der Waals surface area contributed by atoms with E-state index < -0.39 is 31.6 Å². The molecule has 0 saturated heterocycles. The van der Waals surface area contributed by atoms with E-state index in [0.29, 0.717) is 25.7 Å². The highest BCUT2D eigenvalue weighted by molar-refractivity contribution is 7.90. The summed E-state index contributed by atoms with van der Waals surface area (Å²) in [6.07, 6.45) is 2.36. The molecule has 0 aliphatic heterocycles. The zero-order valence-electron chi connectivity index (χ0n) is 18.5. The third kappa shape index (κ3) is 5.81. The van der Waals surface area contributed by atoms with Crippen molar-refractivity contribution in [2.75, 3.05) is 33.3 Å². The molecule has 0 fully saturated rings. The lowest BCUT2D eigenvalue weighted by atomic mass is 10.2. The molecular formula is C20H34N2O6S2. The summed E-state index contributed by atoms with van der Waals surface area (Å²) in [7, 11) is -7.08. The van der Waals surface area contributed by atoms with Gasteiger partial charge in [0.25, 0.3) is 0 Å². The van der Waals surface area contributed by atoms with Crippen LogP contribution in [0, 0.1) is 0 Å². The number of sulfonamides is 2. The van der Waals surface area contributed by atoms with Crippen LogP contribution in [0.4, 0.5) is 0 Å². The first-order chi connectivity index (χ1) is 14.1. The highest BCUT2D eigenvalue weighted by Crippen LogP contribution is 2.29. The van der Waals surface area contributed by atoms with E-state index in [1.807, 2.05) is 27.7 Å². The normalized spacial score (nSPS) is 12.5. The van der Waals surface area contributed by atoms with Gasteiger partial charge in [0, 0.05) is 26.2 Å². The SMILES string of the molecule is CCCN(CCC)S(=O)(=O)c1cccc(S(=O)(=O)N(CCC)CCC)c1C(=O)OC. The molecule has 0 heterocycles. The van der Waals surface area contributed by atoms with E-state index in [4.69, 9.17) is 4.74 Å². The molecule has 0 aromatic heterocycles. The summed E-state index contributed by atoms with van der Waals surface area (Å²) in [4.78, 5) is 12.0. The predicted octanol–water partition coefficient (Wildman–Crippen LogP) is 3.09. The number of rotatable bonds is 13. The van der Waals surface area contributed by atoms with Gasteiger partial charge in [-0.1, -0.05) is 33.8 Å². The van der Waals surface area contributed by atoms with E-state index in [0.717, 1.165) is 7.11 Å². The quantitative estimate of drug-likeness (QED) is 0.418. The number of hydrogen-bond donors (Lipinski definition) is 0. The topological polar surface area (TPSA) is 101 Å². The van der Waals surface area contributed by atoms with Crippen molar-refractivity contribution in [3.63, 3.8) is 0 Å². The Morgan fingerprint density at radius 2 is 1.10 bits per heavy atom. The molecule has 1 aromatic carbocycles. The lowest BCUT2D eigenvalue weighted by Gasteiger charge is -2.25. The number of nitrogens with zero attached hydrogens (tertiary/aromatic N) is 2. The molecule has 10 heteroatoms. The van der Waals surface area contributed by atoms with Crippen molar-refractivity contribution in [3.8, 4) is 0 Å². The second-order valence-electron chi connectivity index (χ2n) is 6.93. The standard InChI is InChI=1S/C20H34N2O6S2/c1-6-13-21(14-7-2)29(24,25)17-11-10-12-18(19(17)20(23)28-5)30(26,27)22(15-8-3)16-9-4/h10-12H,6-9,13-16H2,1-5H3. The Morgan fingerprint density at radius 1 is 0.767 bits per heavy atom. The van der Waals surface area contributed by atoms with Gasteiger partial charge in [0.15, 0.2) is 0 Å². The molecule has 0 atom stereocenters. The third-order valence-corrected chi connectivity index (χ3v) is 8.39. The Kier molecular flexibility index (Phi) is 10.4. The summed E-state index contributed by atoms with van der Waals surface area (Å²) >= 11 is 0. The van der Waals surface area contributed by atoms with Gasteiger partial charge in [-0.3, -0.25) is 0 Å². The fourth-order valence-electron chi connectivity index (χ4n) is 3.22. The van der Waals surface area contributed by atoms with Crippen molar-refractivity contribution < 1.29 is 26.4 Å². The number of hydrogen-bond acceptors (Lipinski definition) is 6. The molecule has 0 aliphatic carbocycles. The third-order valence-electron chi connectivity index (χ3n) is 4.51. The lowest BCUT2D eigenvalue weighted by Crippen LogP contribution is -2.36. The first kappa shape index (κ1) is 26.5. The number of carbonyl (C=O) groups is 1. The molecule has 30 heavy (non-hydrogen) atoms. The molecule has 1 aromatic rings. The van der Waals surface area contributed by atoms with Crippen LogP contribution in [0.25, 0.3) is 0 Å². The second-order valence-corrected chi connectivity index (χ2v) is 10.7. The van der Waals surface area contributed by atoms with Gasteiger partial charge in [-0.2, -0.15) is 8.61 Å². The van der Waals surface area contributed by atoms with Crippen molar-refractivity contribution in [1.82, 2.24) is 8.61 Å². The maximum absolute atomic E-state index is 13.4. The molecule has 0 bridgehead atoms. The van der Waals surface area contributed by atoms with E-state index in [9.17, 15) is 21.6 Å². The van der Waals surface area contributed by atoms with Gasteiger partial charge in [0.1, 0.15) is 0 Å². The number of benzene rings is 1. The van der Waals surface area contributed by atoms with Gasteiger partial charge in [-0.25, -0.2) is 21.6 Å². The van der Waals surface area contributed by atoms with Gasteiger partial charge in [-0.15, -0.1) is 0 Å². The molecule has 1 rings (SSSR count). The maximum atomic E-state index is 13.4. The average Bonchev–Trinajstić information content (AvgIpc) is 2.72. The molecule has 0 N–H and O–H groups in total. The van der Waals surface area contributed by atoms with Crippen LogP contribution in [0.15, 0.2) is 28.0 Å².